The summed E-state index contributed by atoms with van der Waals surface area (Å²) in [5.74, 6) is 0. The molecule has 0 radical (unpaired) electrons. The van der Waals surface area contributed by atoms with E-state index in [1.165, 1.54) is 36.7 Å². The van der Waals surface area contributed by atoms with E-state index in [9.17, 15) is 9.18 Å². The summed E-state index contributed by atoms with van der Waals surface area (Å²) in [6.45, 7) is 2.86. The molecule has 0 aromatic carbocycles. The summed E-state index contributed by atoms with van der Waals surface area (Å²) in [4.78, 5) is 11.2. The molecule has 0 fully saturated rings. The van der Waals surface area contributed by atoms with Crippen LogP contribution in [-0.2, 0) is 6.54 Å². The number of anilines is 1. The fraction of sp³-hybridized carbons (Fsp3) is 0.444. The van der Waals surface area contributed by atoms with Gasteiger partial charge in [0.2, 0.25) is 0 Å². The second-order valence-corrected chi connectivity index (χ2v) is 3.65. The molecule has 0 amide bonds. The molecule has 2 N–H and O–H groups in total. The first-order valence-corrected chi connectivity index (χ1v) is 4.03. The smallest absolute Gasteiger partial charge is 0.250 e. The average molecular weight is 184 g/mol. The third-order valence-corrected chi connectivity index (χ3v) is 1.55. The molecule has 0 aliphatic heterocycles. The maximum Gasteiger partial charge on any atom is 0.250 e. The van der Waals surface area contributed by atoms with Crippen molar-refractivity contribution in [3.63, 3.8) is 0 Å². The van der Waals surface area contributed by atoms with Gasteiger partial charge >= 0.3 is 0 Å². The van der Waals surface area contributed by atoms with Gasteiger partial charge in [0, 0.05) is 18.0 Å². The first-order valence-electron chi connectivity index (χ1n) is 4.03. The molecule has 0 saturated heterocycles. The quantitative estimate of drug-likeness (QED) is 0.750. The van der Waals surface area contributed by atoms with Crippen LogP contribution < -0.4 is 11.3 Å². The number of hydrogen-bond acceptors (Lipinski definition) is 2. The van der Waals surface area contributed by atoms with Gasteiger partial charge in [-0.2, -0.15) is 0 Å². The lowest BCUT2D eigenvalue weighted by molar-refractivity contribution is 0.184. The van der Waals surface area contributed by atoms with Crippen molar-refractivity contribution in [2.75, 3.05) is 5.73 Å². The van der Waals surface area contributed by atoms with Crippen molar-refractivity contribution in [2.24, 2.45) is 0 Å². The number of rotatable bonds is 2. The van der Waals surface area contributed by atoms with Crippen molar-refractivity contribution in [2.45, 2.75) is 26.1 Å². The fourth-order valence-corrected chi connectivity index (χ4v) is 1.08. The highest BCUT2D eigenvalue weighted by Crippen LogP contribution is 2.10. The van der Waals surface area contributed by atoms with E-state index in [4.69, 9.17) is 5.73 Å². The zero-order valence-electron chi connectivity index (χ0n) is 7.75. The summed E-state index contributed by atoms with van der Waals surface area (Å²) < 4.78 is 14.5. The van der Waals surface area contributed by atoms with Crippen molar-refractivity contribution in [3.05, 3.63) is 28.7 Å². The molecule has 3 nitrogen and oxygen atoms in total. The van der Waals surface area contributed by atoms with Crippen LogP contribution in [0.25, 0.3) is 0 Å². The molecule has 0 spiro atoms. The molecule has 1 rings (SSSR count). The lowest BCUT2D eigenvalue weighted by atomic mass is 10.2. The molecule has 0 bridgehead atoms. The summed E-state index contributed by atoms with van der Waals surface area (Å²) in [5, 5.41) is 0. The van der Waals surface area contributed by atoms with Gasteiger partial charge in [-0.1, -0.05) is 0 Å². The summed E-state index contributed by atoms with van der Waals surface area (Å²) in [7, 11) is 0. The zero-order chi connectivity index (χ0) is 10.1. The molecule has 4 heteroatoms. The van der Waals surface area contributed by atoms with E-state index >= 15 is 0 Å². The Morgan fingerprint density at radius 2 is 2.15 bits per heavy atom. The molecule has 0 saturated carbocycles. The number of halogens is 1. The van der Waals surface area contributed by atoms with Gasteiger partial charge < -0.3 is 10.3 Å². The lowest BCUT2D eigenvalue weighted by Gasteiger charge is -2.15. The van der Waals surface area contributed by atoms with Crippen LogP contribution in [0.15, 0.2) is 23.1 Å². The molecular formula is C9H13FN2O. The van der Waals surface area contributed by atoms with Crippen molar-refractivity contribution >= 4 is 5.69 Å². The van der Waals surface area contributed by atoms with E-state index in [1.807, 2.05) is 0 Å². The van der Waals surface area contributed by atoms with Crippen LogP contribution in [0.1, 0.15) is 13.8 Å². The minimum atomic E-state index is -1.41. The zero-order valence-corrected chi connectivity index (χ0v) is 7.75. The monoisotopic (exact) mass is 184 g/mol. The first-order chi connectivity index (χ1) is 5.88. The summed E-state index contributed by atoms with van der Waals surface area (Å²) in [5.41, 5.74) is 4.28. The number of hydrogen-bond donors (Lipinski definition) is 1. The maximum absolute atomic E-state index is 13.2. The van der Waals surface area contributed by atoms with Gasteiger partial charge in [-0.3, -0.25) is 4.79 Å². The van der Waals surface area contributed by atoms with Gasteiger partial charge in [0.25, 0.3) is 5.56 Å². The number of aromatic nitrogens is 1. The van der Waals surface area contributed by atoms with Crippen LogP contribution in [0.2, 0.25) is 0 Å². The van der Waals surface area contributed by atoms with Crippen LogP contribution in [0.3, 0.4) is 0 Å². The number of pyridine rings is 1. The number of nitrogen functional groups attached to an aromatic ring is 1. The highest BCUT2D eigenvalue weighted by molar-refractivity contribution is 5.33. The molecule has 0 atom stereocenters. The minimum Gasteiger partial charge on any atom is -0.398 e. The third kappa shape index (κ3) is 2.89. The number of nitrogens with two attached hydrogens (primary N) is 1. The van der Waals surface area contributed by atoms with E-state index < -0.39 is 5.67 Å². The van der Waals surface area contributed by atoms with E-state index in [1.54, 1.807) is 0 Å². The third-order valence-electron chi connectivity index (χ3n) is 1.55. The Kier molecular flexibility index (Phi) is 2.40. The van der Waals surface area contributed by atoms with Gasteiger partial charge in [0.1, 0.15) is 5.67 Å². The molecule has 0 aliphatic carbocycles. The summed E-state index contributed by atoms with van der Waals surface area (Å²) in [6.07, 6.45) is 1.45. The minimum absolute atomic E-state index is 0.0247. The fourth-order valence-electron chi connectivity index (χ4n) is 1.08. The van der Waals surface area contributed by atoms with Crippen LogP contribution >= 0.6 is 0 Å². The van der Waals surface area contributed by atoms with Crippen LogP contribution in [0.5, 0.6) is 0 Å². The van der Waals surface area contributed by atoms with Crippen LogP contribution in [-0.4, -0.2) is 10.2 Å². The average Bonchev–Trinajstić information content (AvgIpc) is 1.94. The van der Waals surface area contributed by atoms with E-state index in [-0.39, 0.29) is 12.1 Å². The molecule has 1 heterocycles. The normalized spacial score (nSPS) is 11.6. The molecule has 0 aliphatic rings. The Labute approximate surface area is 76.0 Å². The highest BCUT2D eigenvalue weighted by Gasteiger charge is 2.16. The van der Waals surface area contributed by atoms with Gasteiger partial charge in [-0.25, -0.2) is 4.39 Å². The molecule has 1 aromatic rings. The van der Waals surface area contributed by atoms with Crippen LogP contribution in [0.4, 0.5) is 10.1 Å². The Bertz CT molecular complexity index is 351. The molecular weight excluding hydrogens is 171 g/mol. The van der Waals surface area contributed by atoms with Crippen LogP contribution in [0, 0.1) is 0 Å². The largest absolute Gasteiger partial charge is 0.398 e. The van der Waals surface area contributed by atoms with Gasteiger partial charge in [-0.05, 0) is 19.9 Å². The second kappa shape index (κ2) is 3.20. The first kappa shape index (κ1) is 9.77. The van der Waals surface area contributed by atoms with E-state index in [0.29, 0.717) is 5.69 Å². The molecule has 0 unspecified atom stereocenters. The van der Waals surface area contributed by atoms with Crippen molar-refractivity contribution in [1.82, 2.24) is 4.57 Å². The second-order valence-electron chi connectivity index (χ2n) is 3.65. The van der Waals surface area contributed by atoms with Crippen molar-refractivity contribution in [3.8, 4) is 0 Å². The molecule has 72 valence electrons. The Morgan fingerprint density at radius 1 is 1.54 bits per heavy atom. The Morgan fingerprint density at radius 3 is 2.69 bits per heavy atom. The molecule has 13 heavy (non-hydrogen) atoms. The van der Waals surface area contributed by atoms with Gasteiger partial charge in [0.05, 0.1) is 6.54 Å². The predicted molar refractivity (Wildman–Crippen MR) is 50.3 cm³/mol. The lowest BCUT2D eigenvalue weighted by Crippen LogP contribution is -2.29. The maximum atomic E-state index is 13.2. The van der Waals surface area contributed by atoms with Crippen molar-refractivity contribution in [1.29, 1.82) is 0 Å². The van der Waals surface area contributed by atoms with E-state index in [0.717, 1.165) is 0 Å². The highest BCUT2D eigenvalue weighted by atomic mass is 19.1. The number of nitrogens with zero attached hydrogens (tertiary/aromatic N) is 1. The summed E-state index contributed by atoms with van der Waals surface area (Å²) in [6, 6.07) is 2.84. The number of alkyl halides is 1. The topological polar surface area (TPSA) is 48.0 Å². The Hall–Kier alpha value is -1.32. The standard InChI is InChI=1S/C9H13FN2O/c1-9(2,10)6-12-5-7(11)3-4-8(12)13/h3-5H,6,11H2,1-2H3. The van der Waals surface area contributed by atoms with Gasteiger partial charge in [0.15, 0.2) is 0 Å². The summed E-state index contributed by atoms with van der Waals surface area (Å²) >= 11 is 0. The Balaban J connectivity index is 3.01. The SMILES string of the molecule is CC(C)(F)Cn1cc(N)ccc1=O. The van der Waals surface area contributed by atoms with E-state index in [2.05, 4.69) is 0 Å². The molecule has 1 aromatic heterocycles. The predicted octanol–water partition coefficient (Wildman–Crippen LogP) is 1.18. The van der Waals surface area contributed by atoms with Crippen molar-refractivity contribution < 1.29 is 4.39 Å². The van der Waals surface area contributed by atoms with Gasteiger partial charge in [-0.15, -0.1) is 0 Å².